The largest absolute Gasteiger partial charge is 0.355 e. The lowest BCUT2D eigenvalue weighted by atomic mass is 9.63. The van der Waals surface area contributed by atoms with Crippen LogP contribution in [0.5, 0.6) is 0 Å². The molecule has 4 aromatic heterocycles. The summed E-state index contributed by atoms with van der Waals surface area (Å²) in [5.74, 6) is 1.03. The number of anilines is 1. The van der Waals surface area contributed by atoms with Crippen molar-refractivity contribution < 1.29 is 0 Å². The van der Waals surface area contributed by atoms with Gasteiger partial charge >= 0.3 is 0 Å². The van der Waals surface area contributed by atoms with E-state index in [2.05, 4.69) is 39.3 Å². The molecule has 4 aromatic rings. The van der Waals surface area contributed by atoms with E-state index in [4.69, 9.17) is 4.98 Å². The van der Waals surface area contributed by atoms with Gasteiger partial charge in [0.15, 0.2) is 0 Å². The zero-order valence-corrected chi connectivity index (χ0v) is 16.8. The number of nitrogens with zero attached hydrogens (tertiary/aromatic N) is 7. The molecule has 1 aliphatic carbocycles. The van der Waals surface area contributed by atoms with Crippen molar-refractivity contribution in [1.29, 1.82) is 5.26 Å². The molecule has 0 amide bonds. The van der Waals surface area contributed by atoms with Crippen molar-refractivity contribution in [2.45, 2.75) is 19.3 Å². The number of nitriles is 1. The lowest BCUT2D eigenvalue weighted by Gasteiger charge is -2.56. The standard InChI is InChI=1S/C23H21N7/c1-28-13-18(11-27-28)17-7-20(30-19(9-24)12-26-22(30)8-17)16-3-4-21(25-10-16)29-14-23(15-29)5-2-6-23/h3-4,7-8,10-13H,2,5-6,14-15H2,1H3. The highest BCUT2D eigenvalue weighted by Crippen LogP contribution is 2.49. The van der Waals surface area contributed by atoms with E-state index in [9.17, 15) is 5.26 Å². The van der Waals surface area contributed by atoms with Crippen LogP contribution in [0.15, 0.2) is 49.1 Å². The molecule has 1 aliphatic heterocycles. The van der Waals surface area contributed by atoms with Crippen molar-refractivity contribution in [1.82, 2.24) is 24.1 Å². The normalized spacial score (nSPS) is 17.0. The Hall–Kier alpha value is -3.66. The van der Waals surface area contributed by atoms with Crippen molar-refractivity contribution in [2.24, 2.45) is 12.5 Å². The van der Waals surface area contributed by atoms with Gasteiger partial charge in [-0.05, 0) is 42.7 Å². The van der Waals surface area contributed by atoms with E-state index in [0.29, 0.717) is 11.1 Å². The van der Waals surface area contributed by atoms with Gasteiger partial charge in [0.2, 0.25) is 0 Å². The van der Waals surface area contributed by atoms with Crippen LogP contribution in [-0.2, 0) is 7.05 Å². The first-order valence-electron chi connectivity index (χ1n) is 10.3. The van der Waals surface area contributed by atoms with E-state index < -0.39 is 0 Å². The van der Waals surface area contributed by atoms with Gasteiger partial charge in [-0.15, -0.1) is 0 Å². The van der Waals surface area contributed by atoms with Crippen LogP contribution in [0, 0.1) is 16.7 Å². The van der Waals surface area contributed by atoms with E-state index in [1.54, 1.807) is 10.9 Å². The number of fused-ring (bicyclic) bond motifs is 1. The molecule has 7 heteroatoms. The van der Waals surface area contributed by atoms with Gasteiger partial charge in [0.05, 0.1) is 18.1 Å². The topological polar surface area (TPSA) is 75.0 Å². The fourth-order valence-electron chi connectivity index (χ4n) is 4.79. The average Bonchev–Trinajstić information content (AvgIpc) is 3.31. The van der Waals surface area contributed by atoms with Gasteiger partial charge in [-0.1, -0.05) is 6.42 Å². The monoisotopic (exact) mass is 395 g/mol. The van der Waals surface area contributed by atoms with E-state index in [-0.39, 0.29) is 0 Å². The SMILES string of the molecule is Cn1cc(-c2cc(-c3ccc(N4CC5(CCC5)C4)nc3)n3c(C#N)cnc3c2)cn1. The van der Waals surface area contributed by atoms with Gasteiger partial charge in [-0.3, -0.25) is 9.08 Å². The Morgan fingerprint density at radius 2 is 1.87 bits per heavy atom. The summed E-state index contributed by atoms with van der Waals surface area (Å²) in [5, 5.41) is 13.9. The molecule has 1 saturated carbocycles. The fourth-order valence-corrected chi connectivity index (χ4v) is 4.79. The van der Waals surface area contributed by atoms with Gasteiger partial charge in [-0.2, -0.15) is 10.4 Å². The highest BCUT2D eigenvalue weighted by Gasteiger charge is 2.47. The van der Waals surface area contributed by atoms with Gasteiger partial charge in [0.1, 0.15) is 23.2 Å². The van der Waals surface area contributed by atoms with Crippen molar-refractivity contribution in [3.8, 4) is 28.5 Å². The smallest absolute Gasteiger partial charge is 0.145 e. The van der Waals surface area contributed by atoms with Gasteiger partial charge in [0.25, 0.3) is 0 Å². The second-order valence-corrected chi connectivity index (χ2v) is 8.60. The lowest BCUT2D eigenvalue weighted by molar-refractivity contribution is 0.0896. The van der Waals surface area contributed by atoms with E-state index in [1.165, 1.54) is 19.3 Å². The number of hydrogen-bond donors (Lipinski definition) is 0. The van der Waals surface area contributed by atoms with Crippen LogP contribution in [0.4, 0.5) is 5.82 Å². The summed E-state index contributed by atoms with van der Waals surface area (Å²) in [6, 6.07) is 10.5. The summed E-state index contributed by atoms with van der Waals surface area (Å²) in [6.45, 7) is 2.25. The summed E-state index contributed by atoms with van der Waals surface area (Å²) in [6.07, 6.45) is 11.4. The molecule has 30 heavy (non-hydrogen) atoms. The van der Waals surface area contributed by atoms with Crippen LogP contribution in [0.1, 0.15) is 25.0 Å². The Labute approximate surface area is 174 Å². The van der Waals surface area contributed by atoms with Crippen LogP contribution in [0.2, 0.25) is 0 Å². The minimum atomic E-state index is 0.511. The van der Waals surface area contributed by atoms with E-state index in [1.807, 2.05) is 36.1 Å². The predicted molar refractivity (Wildman–Crippen MR) is 114 cm³/mol. The Bertz CT molecular complexity index is 1290. The molecule has 1 saturated heterocycles. The molecule has 148 valence electrons. The maximum Gasteiger partial charge on any atom is 0.145 e. The van der Waals surface area contributed by atoms with Gasteiger partial charge in [0, 0.05) is 49.1 Å². The molecular formula is C23H21N7. The third-order valence-corrected chi connectivity index (χ3v) is 6.59. The molecule has 2 fully saturated rings. The van der Waals surface area contributed by atoms with E-state index >= 15 is 0 Å². The Balaban J connectivity index is 1.41. The third kappa shape index (κ3) is 2.53. The number of pyridine rings is 2. The molecule has 0 bridgehead atoms. The van der Waals surface area contributed by atoms with Crippen LogP contribution in [0.3, 0.4) is 0 Å². The molecule has 5 heterocycles. The molecule has 7 nitrogen and oxygen atoms in total. The molecule has 0 unspecified atom stereocenters. The second kappa shape index (κ2) is 6.17. The summed E-state index contributed by atoms with van der Waals surface area (Å²) in [5.41, 5.74) is 5.71. The molecular weight excluding hydrogens is 374 g/mol. The Kier molecular flexibility index (Phi) is 3.54. The van der Waals surface area contributed by atoms with Crippen molar-refractivity contribution in [3.63, 3.8) is 0 Å². The molecule has 1 spiro atoms. The minimum absolute atomic E-state index is 0.511. The van der Waals surface area contributed by atoms with Crippen LogP contribution >= 0.6 is 0 Å². The average molecular weight is 395 g/mol. The molecule has 6 rings (SSSR count). The van der Waals surface area contributed by atoms with E-state index in [0.717, 1.165) is 46.9 Å². The van der Waals surface area contributed by atoms with Crippen molar-refractivity contribution in [2.75, 3.05) is 18.0 Å². The number of rotatable bonds is 3. The summed E-state index contributed by atoms with van der Waals surface area (Å²) in [4.78, 5) is 11.6. The van der Waals surface area contributed by atoms with Crippen LogP contribution in [0.25, 0.3) is 28.0 Å². The number of aromatic nitrogens is 5. The number of aryl methyl sites for hydroxylation is 1. The first-order chi connectivity index (χ1) is 14.6. The zero-order valence-electron chi connectivity index (χ0n) is 16.8. The summed E-state index contributed by atoms with van der Waals surface area (Å²) >= 11 is 0. The lowest BCUT2D eigenvalue weighted by Crippen LogP contribution is -2.60. The zero-order chi connectivity index (χ0) is 20.3. The maximum absolute atomic E-state index is 9.57. The van der Waals surface area contributed by atoms with Crippen molar-refractivity contribution in [3.05, 3.63) is 54.7 Å². The van der Waals surface area contributed by atoms with Crippen molar-refractivity contribution >= 4 is 11.5 Å². The van der Waals surface area contributed by atoms with Crippen LogP contribution < -0.4 is 4.90 Å². The van der Waals surface area contributed by atoms with Crippen LogP contribution in [-0.4, -0.2) is 37.2 Å². The first-order valence-corrected chi connectivity index (χ1v) is 10.3. The molecule has 2 aliphatic rings. The molecule has 0 atom stereocenters. The first kappa shape index (κ1) is 17.2. The maximum atomic E-state index is 9.57. The molecule has 0 N–H and O–H groups in total. The highest BCUT2D eigenvalue weighted by molar-refractivity contribution is 5.76. The fraction of sp³-hybridized carbons (Fsp3) is 0.304. The predicted octanol–water partition coefficient (Wildman–Crippen LogP) is 3.66. The minimum Gasteiger partial charge on any atom is -0.355 e. The summed E-state index contributed by atoms with van der Waals surface area (Å²) < 4.78 is 3.67. The quantitative estimate of drug-likeness (QED) is 0.529. The summed E-state index contributed by atoms with van der Waals surface area (Å²) in [7, 11) is 1.90. The highest BCUT2D eigenvalue weighted by atomic mass is 15.3. The van der Waals surface area contributed by atoms with Gasteiger partial charge < -0.3 is 4.90 Å². The van der Waals surface area contributed by atoms with Gasteiger partial charge in [-0.25, -0.2) is 9.97 Å². The second-order valence-electron chi connectivity index (χ2n) is 8.60. The number of imidazole rings is 1. The molecule has 0 radical (unpaired) electrons. The molecule has 0 aromatic carbocycles. The Morgan fingerprint density at radius 1 is 1.00 bits per heavy atom. The third-order valence-electron chi connectivity index (χ3n) is 6.59. The number of hydrogen-bond acceptors (Lipinski definition) is 5. The Morgan fingerprint density at radius 3 is 2.50 bits per heavy atom.